The quantitative estimate of drug-likeness (QED) is 0.910. The molecule has 19 heavy (non-hydrogen) atoms. The molecular weight excluding hydrogens is 326 g/mol. The van der Waals surface area contributed by atoms with Gasteiger partial charge in [-0.1, -0.05) is 0 Å². The van der Waals surface area contributed by atoms with Crippen LogP contribution in [0.4, 0.5) is 5.82 Å². The fourth-order valence-electron chi connectivity index (χ4n) is 1.63. The topological polar surface area (TPSA) is 45.2 Å². The molecule has 0 unspecified atom stereocenters. The molecule has 100 valence electrons. The van der Waals surface area contributed by atoms with Crippen LogP contribution in [0.5, 0.6) is 0 Å². The van der Waals surface area contributed by atoms with E-state index in [0.717, 1.165) is 11.0 Å². The van der Waals surface area contributed by atoms with E-state index in [2.05, 4.69) is 37.7 Å². The summed E-state index contributed by atoms with van der Waals surface area (Å²) in [6.45, 7) is 1.11. The van der Waals surface area contributed by atoms with E-state index < -0.39 is 0 Å². The Morgan fingerprint density at radius 1 is 1.47 bits per heavy atom. The van der Waals surface area contributed by atoms with Crippen LogP contribution in [-0.2, 0) is 11.3 Å². The van der Waals surface area contributed by atoms with Crippen molar-refractivity contribution in [3.63, 3.8) is 0 Å². The van der Waals surface area contributed by atoms with Crippen molar-refractivity contribution in [3.8, 4) is 0 Å². The third-order valence-corrected chi connectivity index (χ3v) is 3.64. The minimum atomic E-state index is -0.0625. The van der Waals surface area contributed by atoms with Gasteiger partial charge in [0.05, 0.1) is 6.54 Å². The van der Waals surface area contributed by atoms with Crippen LogP contribution in [0.25, 0.3) is 0 Å². The van der Waals surface area contributed by atoms with Crippen LogP contribution in [0, 0.1) is 0 Å². The fraction of sp³-hybridized carbons (Fsp3) is 0.231. The monoisotopic (exact) mass is 339 g/mol. The number of aromatic nitrogens is 1. The Morgan fingerprint density at radius 2 is 2.32 bits per heavy atom. The SMILES string of the molecule is CN(CC(=O)Nc1ccc(Br)cn1)Cc1ccsc1. The van der Waals surface area contributed by atoms with Crippen molar-refractivity contribution in [1.82, 2.24) is 9.88 Å². The van der Waals surface area contributed by atoms with E-state index in [4.69, 9.17) is 0 Å². The predicted molar refractivity (Wildman–Crippen MR) is 81.2 cm³/mol. The highest BCUT2D eigenvalue weighted by Crippen LogP contribution is 2.11. The first kappa shape index (κ1) is 14.2. The summed E-state index contributed by atoms with van der Waals surface area (Å²) < 4.78 is 0.889. The van der Waals surface area contributed by atoms with Crippen LogP contribution in [0.1, 0.15) is 5.56 Å². The number of anilines is 1. The first-order chi connectivity index (χ1) is 9.13. The van der Waals surface area contributed by atoms with Gasteiger partial charge in [0.25, 0.3) is 0 Å². The summed E-state index contributed by atoms with van der Waals surface area (Å²) in [6, 6.07) is 5.67. The predicted octanol–water partition coefficient (Wildman–Crippen LogP) is 2.98. The molecule has 0 aliphatic rings. The Morgan fingerprint density at radius 3 is 2.95 bits per heavy atom. The lowest BCUT2D eigenvalue weighted by Crippen LogP contribution is -2.29. The molecule has 0 aromatic carbocycles. The molecule has 1 amide bonds. The number of carbonyl (C=O) groups excluding carboxylic acids is 1. The number of carbonyl (C=O) groups is 1. The smallest absolute Gasteiger partial charge is 0.239 e. The molecular formula is C13H14BrN3OS. The van der Waals surface area contributed by atoms with Gasteiger partial charge in [0.15, 0.2) is 0 Å². The van der Waals surface area contributed by atoms with Crippen molar-refractivity contribution < 1.29 is 4.79 Å². The Bertz CT molecular complexity index is 527. The number of pyridine rings is 1. The van der Waals surface area contributed by atoms with Crippen LogP contribution >= 0.6 is 27.3 Å². The summed E-state index contributed by atoms with van der Waals surface area (Å²) in [6.07, 6.45) is 1.66. The van der Waals surface area contributed by atoms with Crippen molar-refractivity contribution in [3.05, 3.63) is 45.2 Å². The zero-order valence-corrected chi connectivity index (χ0v) is 12.9. The van der Waals surface area contributed by atoms with Gasteiger partial charge in [-0.3, -0.25) is 9.69 Å². The van der Waals surface area contributed by atoms with E-state index in [-0.39, 0.29) is 5.91 Å². The zero-order valence-electron chi connectivity index (χ0n) is 10.5. The molecule has 2 aromatic heterocycles. The van der Waals surface area contributed by atoms with Gasteiger partial charge in [0.2, 0.25) is 5.91 Å². The fourth-order valence-corrected chi connectivity index (χ4v) is 2.52. The lowest BCUT2D eigenvalue weighted by molar-refractivity contribution is -0.117. The molecule has 0 atom stereocenters. The Labute approximate surface area is 124 Å². The first-order valence-corrected chi connectivity index (χ1v) is 7.48. The van der Waals surface area contributed by atoms with Crippen molar-refractivity contribution in [2.45, 2.75) is 6.54 Å². The number of thiophene rings is 1. The molecule has 0 aliphatic heterocycles. The van der Waals surface area contributed by atoms with Gasteiger partial charge in [-0.25, -0.2) is 4.98 Å². The molecule has 1 N–H and O–H groups in total. The first-order valence-electron chi connectivity index (χ1n) is 5.74. The van der Waals surface area contributed by atoms with Crippen molar-refractivity contribution >= 4 is 39.0 Å². The van der Waals surface area contributed by atoms with Gasteiger partial charge < -0.3 is 5.32 Å². The Hall–Kier alpha value is -1.24. The molecule has 0 bridgehead atoms. The van der Waals surface area contributed by atoms with Crippen molar-refractivity contribution in [1.29, 1.82) is 0 Å². The molecule has 0 saturated heterocycles. The van der Waals surface area contributed by atoms with Gasteiger partial charge in [0, 0.05) is 17.2 Å². The summed E-state index contributed by atoms with van der Waals surface area (Å²) in [5, 5.41) is 6.89. The normalized spacial score (nSPS) is 10.7. The lowest BCUT2D eigenvalue weighted by atomic mass is 10.3. The van der Waals surface area contributed by atoms with E-state index in [1.807, 2.05) is 23.4 Å². The largest absolute Gasteiger partial charge is 0.310 e. The van der Waals surface area contributed by atoms with Crippen LogP contribution in [0.3, 0.4) is 0 Å². The van der Waals surface area contributed by atoms with Gasteiger partial charge >= 0.3 is 0 Å². The van der Waals surface area contributed by atoms with Gasteiger partial charge in [-0.2, -0.15) is 11.3 Å². The van der Waals surface area contributed by atoms with Crippen LogP contribution in [0.2, 0.25) is 0 Å². The number of hydrogen-bond donors (Lipinski definition) is 1. The second-order valence-corrected chi connectivity index (χ2v) is 5.91. The molecule has 0 saturated carbocycles. The lowest BCUT2D eigenvalue weighted by Gasteiger charge is -2.15. The van der Waals surface area contributed by atoms with Gasteiger partial charge in [0.1, 0.15) is 5.82 Å². The maximum Gasteiger partial charge on any atom is 0.239 e. The number of likely N-dealkylation sites (N-methyl/N-ethyl adjacent to an activating group) is 1. The Balaban J connectivity index is 1.82. The molecule has 6 heteroatoms. The summed E-state index contributed by atoms with van der Waals surface area (Å²) in [5.41, 5.74) is 1.22. The maximum absolute atomic E-state index is 11.8. The van der Waals surface area contributed by atoms with E-state index >= 15 is 0 Å². The van der Waals surface area contributed by atoms with Crippen molar-refractivity contribution in [2.24, 2.45) is 0 Å². The third-order valence-electron chi connectivity index (χ3n) is 2.44. The standard InChI is InChI=1S/C13H14BrN3OS/c1-17(7-10-4-5-19-9-10)8-13(18)16-12-3-2-11(14)6-15-12/h2-6,9H,7-8H2,1H3,(H,15,16,18). The molecule has 0 fully saturated rings. The van der Waals surface area contributed by atoms with E-state index in [9.17, 15) is 4.79 Å². The molecule has 2 heterocycles. The molecule has 0 aliphatic carbocycles. The van der Waals surface area contributed by atoms with Crippen molar-refractivity contribution in [2.75, 3.05) is 18.9 Å². The molecule has 2 rings (SSSR count). The van der Waals surface area contributed by atoms with E-state index in [1.165, 1.54) is 5.56 Å². The highest BCUT2D eigenvalue weighted by atomic mass is 79.9. The third kappa shape index (κ3) is 4.74. The van der Waals surface area contributed by atoms with E-state index in [1.54, 1.807) is 23.6 Å². The highest BCUT2D eigenvalue weighted by Gasteiger charge is 2.08. The number of hydrogen-bond acceptors (Lipinski definition) is 4. The number of nitrogens with zero attached hydrogens (tertiary/aromatic N) is 2. The average Bonchev–Trinajstić information content (AvgIpc) is 2.84. The molecule has 4 nitrogen and oxygen atoms in total. The number of amides is 1. The molecule has 2 aromatic rings. The zero-order chi connectivity index (χ0) is 13.7. The summed E-state index contributed by atoms with van der Waals surface area (Å²) >= 11 is 4.97. The second kappa shape index (κ2) is 6.79. The minimum absolute atomic E-state index is 0.0625. The number of halogens is 1. The maximum atomic E-state index is 11.8. The number of rotatable bonds is 5. The average molecular weight is 340 g/mol. The highest BCUT2D eigenvalue weighted by molar-refractivity contribution is 9.10. The van der Waals surface area contributed by atoms with Gasteiger partial charge in [-0.15, -0.1) is 0 Å². The Kier molecular flexibility index (Phi) is 5.07. The van der Waals surface area contributed by atoms with Crippen LogP contribution < -0.4 is 5.32 Å². The second-order valence-electron chi connectivity index (χ2n) is 4.21. The summed E-state index contributed by atoms with van der Waals surface area (Å²) in [7, 11) is 1.92. The summed E-state index contributed by atoms with van der Waals surface area (Å²) in [5.74, 6) is 0.504. The molecule has 0 radical (unpaired) electrons. The van der Waals surface area contributed by atoms with Gasteiger partial charge in [-0.05, 0) is 57.5 Å². The minimum Gasteiger partial charge on any atom is -0.310 e. The number of nitrogens with one attached hydrogen (secondary N) is 1. The summed E-state index contributed by atoms with van der Waals surface area (Å²) in [4.78, 5) is 17.9. The van der Waals surface area contributed by atoms with Crippen LogP contribution in [0.15, 0.2) is 39.6 Å². The van der Waals surface area contributed by atoms with Crippen LogP contribution in [-0.4, -0.2) is 29.4 Å². The molecule has 0 spiro atoms. The van der Waals surface area contributed by atoms with E-state index in [0.29, 0.717) is 12.4 Å².